The molecule has 3 unspecified atom stereocenters. The van der Waals surface area contributed by atoms with E-state index in [1.54, 1.807) is 18.7 Å². The van der Waals surface area contributed by atoms with Crippen LogP contribution in [0, 0.1) is 5.92 Å². The zero-order chi connectivity index (χ0) is 15.6. The summed E-state index contributed by atoms with van der Waals surface area (Å²) in [6.45, 7) is 3.94. The van der Waals surface area contributed by atoms with Crippen LogP contribution in [-0.4, -0.2) is 60.8 Å². The third-order valence-electron chi connectivity index (χ3n) is 3.60. The molecule has 2 saturated heterocycles. The second-order valence-electron chi connectivity index (χ2n) is 5.59. The lowest BCUT2D eigenvalue weighted by Crippen LogP contribution is -2.48. The molecule has 0 radical (unpaired) electrons. The largest absolute Gasteiger partial charge is 0.461 e. The summed E-state index contributed by atoms with van der Waals surface area (Å²) in [5.74, 6) is -0.975. The predicted molar refractivity (Wildman–Crippen MR) is 79.0 cm³/mol. The number of ether oxygens (including phenoxy) is 2. The van der Waals surface area contributed by atoms with Crippen LogP contribution in [0.3, 0.4) is 0 Å². The third-order valence-corrected chi connectivity index (χ3v) is 3.60. The zero-order valence-corrected chi connectivity index (χ0v) is 13.4. The van der Waals surface area contributed by atoms with Crippen LogP contribution in [0.2, 0.25) is 0 Å². The van der Waals surface area contributed by atoms with E-state index in [-0.39, 0.29) is 49.7 Å². The number of hydrogen-bond donors (Lipinski definition) is 2. The molecule has 2 heterocycles. The molecule has 0 aromatic heterocycles. The van der Waals surface area contributed by atoms with Crippen molar-refractivity contribution in [3.63, 3.8) is 0 Å². The summed E-state index contributed by atoms with van der Waals surface area (Å²) in [5, 5.41) is 2.53. The summed E-state index contributed by atoms with van der Waals surface area (Å²) in [6.07, 6.45) is -0.0755. The highest BCUT2D eigenvalue weighted by Gasteiger charge is 2.45. The van der Waals surface area contributed by atoms with Gasteiger partial charge in [-0.3, -0.25) is 9.59 Å². The van der Waals surface area contributed by atoms with E-state index in [0.717, 1.165) is 0 Å². The SMILES string of the molecule is CC(C)C(NC(=O)CN)C(=O)OCC1CN2C(=O)CC2O1.Cl. The van der Waals surface area contributed by atoms with E-state index in [4.69, 9.17) is 15.2 Å². The third kappa shape index (κ3) is 4.08. The summed E-state index contributed by atoms with van der Waals surface area (Å²) in [5.41, 5.74) is 5.22. The smallest absolute Gasteiger partial charge is 0.328 e. The summed E-state index contributed by atoms with van der Waals surface area (Å²) >= 11 is 0. The van der Waals surface area contributed by atoms with Gasteiger partial charge in [0.05, 0.1) is 19.5 Å². The van der Waals surface area contributed by atoms with Gasteiger partial charge in [0.25, 0.3) is 0 Å². The van der Waals surface area contributed by atoms with Gasteiger partial charge in [0, 0.05) is 0 Å². The minimum atomic E-state index is -0.735. The molecule has 2 fully saturated rings. The monoisotopic (exact) mass is 335 g/mol. The van der Waals surface area contributed by atoms with Crippen molar-refractivity contribution in [3.8, 4) is 0 Å². The van der Waals surface area contributed by atoms with Crippen molar-refractivity contribution in [2.45, 2.75) is 38.6 Å². The number of β-lactam (4-membered cyclic amide) rings is 1. The maximum atomic E-state index is 12.0. The van der Waals surface area contributed by atoms with Gasteiger partial charge in [-0.05, 0) is 5.92 Å². The highest BCUT2D eigenvalue weighted by Crippen LogP contribution is 2.28. The second kappa shape index (κ2) is 7.75. The maximum absolute atomic E-state index is 12.0. The molecule has 8 nitrogen and oxygen atoms in total. The van der Waals surface area contributed by atoms with Crippen LogP contribution in [0.1, 0.15) is 20.3 Å². The predicted octanol–water partition coefficient (Wildman–Crippen LogP) is -0.992. The minimum absolute atomic E-state index is 0. The molecule has 22 heavy (non-hydrogen) atoms. The number of carbonyl (C=O) groups excluding carboxylic acids is 3. The Morgan fingerprint density at radius 2 is 2.18 bits per heavy atom. The molecule has 2 rings (SSSR count). The maximum Gasteiger partial charge on any atom is 0.328 e. The first kappa shape index (κ1) is 18.7. The Morgan fingerprint density at radius 3 is 2.68 bits per heavy atom. The molecule has 0 aromatic carbocycles. The molecule has 2 aliphatic heterocycles. The van der Waals surface area contributed by atoms with Crippen molar-refractivity contribution in [1.82, 2.24) is 10.2 Å². The Kier molecular flexibility index (Phi) is 6.58. The first-order valence-electron chi connectivity index (χ1n) is 7.03. The lowest BCUT2D eigenvalue weighted by molar-refractivity contribution is -0.160. The fraction of sp³-hybridized carbons (Fsp3) is 0.769. The minimum Gasteiger partial charge on any atom is -0.461 e. The average Bonchev–Trinajstić information content (AvgIpc) is 2.78. The van der Waals surface area contributed by atoms with E-state index < -0.39 is 17.9 Å². The first-order chi connectivity index (χ1) is 9.92. The van der Waals surface area contributed by atoms with Crippen LogP contribution in [-0.2, 0) is 23.9 Å². The zero-order valence-electron chi connectivity index (χ0n) is 12.6. The number of nitrogens with one attached hydrogen (secondary N) is 1. The van der Waals surface area contributed by atoms with Crippen LogP contribution in [0.15, 0.2) is 0 Å². The number of rotatable bonds is 6. The molecule has 0 spiro atoms. The summed E-state index contributed by atoms with van der Waals surface area (Å²) < 4.78 is 10.7. The Hall–Kier alpha value is -1.38. The topological polar surface area (TPSA) is 111 Å². The van der Waals surface area contributed by atoms with E-state index in [1.807, 2.05) is 0 Å². The van der Waals surface area contributed by atoms with Gasteiger partial charge in [0.2, 0.25) is 11.8 Å². The molecule has 2 aliphatic rings. The number of nitrogens with two attached hydrogens (primary N) is 1. The second-order valence-corrected chi connectivity index (χ2v) is 5.59. The molecule has 0 aliphatic carbocycles. The summed E-state index contributed by atoms with van der Waals surface area (Å²) in [7, 11) is 0. The van der Waals surface area contributed by atoms with Crippen molar-refractivity contribution in [1.29, 1.82) is 0 Å². The molecule has 0 bridgehead atoms. The molecular formula is C13H22ClN3O5. The van der Waals surface area contributed by atoms with Gasteiger partial charge in [0.15, 0.2) is 0 Å². The van der Waals surface area contributed by atoms with E-state index in [1.165, 1.54) is 0 Å². The number of halogens is 1. The fourth-order valence-electron chi connectivity index (χ4n) is 2.34. The normalized spacial score (nSPS) is 24.2. The van der Waals surface area contributed by atoms with Crippen LogP contribution < -0.4 is 11.1 Å². The van der Waals surface area contributed by atoms with E-state index in [9.17, 15) is 14.4 Å². The summed E-state index contributed by atoms with van der Waals surface area (Å²) in [6, 6.07) is -0.735. The van der Waals surface area contributed by atoms with E-state index in [2.05, 4.69) is 5.32 Å². The van der Waals surface area contributed by atoms with Crippen molar-refractivity contribution < 1.29 is 23.9 Å². The molecule has 0 saturated carbocycles. The highest BCUT2D eigenvalue weighted by atomic mass is 35.5. The van der Waals surface area contributed by atoms with Crippen LogP contribution in [0.25, 0.3) is 0 Å². The van der Waals surface area contributed by atoms with Crippen molar-refractivity contribution in [2.75, 3.05) is 19.7 Å². The fourth-order valence-corrected chi connectivity index (χ4v) is 2.34. The van der Waals surface area contributed by atoms with Gasteiger partial charge >= 0.3 is 5.97 Å². The van der Waals surface area contributed by atoms with Crippen molar-refractivity contribution >= 4 is 30.2 Å². The quantitative estimate of drug-likeness (QED) is 0.476. The molecule has 0 aromatic rings. The summed E-state index contributed by atoms with van der Waals surface area (Å²) in [4.78, 5) is 36.2. The van der Waals surface area contributed by atoms with Gasteiger partial charge in [-0.15, -0.1) is 12.4 Å². The standard InChI is InChI=1S/C13H21N3O5.ClH/c1-7(2)12(15-9(17)4-14)13(19)20-6-8-5-16-10(18)3-11(16)21-8;/h7-8,11-12H,3-6,14H2,1-2H3,(H,15,17);1H. The molecule has 3 N–H and O–H groups in total. The van der Waals surface area contributed by atoms with Gasteiger partial charge in [-0.1, -0.05) is 13.8 Å². The highest BCUT2D eigenvalue weighted by molar-refractivity contribution is 5.86. The lowest BCUT2D eigenvalue weighted by Gasteiger charge is -2.31. The Bertz CT molecular complexity index is 445. The molecule has 126 valence electrons. The number of esters is 1. The molecule has 9 heteroatoms. The van der Waals surface area contributed by atoms with Crippen molar-refractivity contribution in [2.24, 2.45) is 11.7 Å². The first-order valence-corrected chi connectivity index (χ1v) is 7.03. The number of amides is 2. The van der Waals surface area contributed by atoms with Crippen LogP contribution in [0.5, 0.6) is 0 Å². The van der Waals surface area contributed by atoms with E-state index in [0.29, 0.717) is 13.0 Å². The molecule has 2 amide bonds. The Balaban J connectivity index is 0.00000242. The molecular weight excluding hydrogens is 314 g/mol. The van der Waals surface area contributed by atoms with Gasteiger partial charge in [-0.25, -0.2) is 4.79 Å². The average molecular weight is 336 g/mol. The lowest BCUT2D eigenvalue weighted by atomic mass is 10.0. The number of hydrogen-bond acceptors (Lipinski definition) is 6. The van der Waals surface area contributed by atoms with Gasteiger partial charge in [-0.2, -0.15) is 0 Å². The Labute approximate surface area is 135 Å². The van der Waals surface area contributed by atoms with Gasteiger partial charge in [0.1, 0.15) is 25.0 Å². The van der Waals surface area contributed by atoms with Crippen molar-refractivity contribution in [3.05, 3.63) is 0 Å². The van der Waals surface area contributed by atoms with Gasteiger partial charge < -0.3 is 25.4 Å². The van der Waals surface area contributed by atoms with E-state index >= 15 is 0 Å². The number of fused-ring (bicyclic) bond motifs is 1. The number of nitrogens with zero attached hydrogens (tertiary/aromatic N) is 1. The van der Waals surface area contributed by atoms with Crippen LogP contribution >= 0.6 is 12.4 Å². The molecule has 3 atom stereocenters. The number of carbonyl (C=O) groups is 3. The van der Waals surface area contributed by atoms with Crippen LogP contribution in [0.4, 0.5) is 0 Å². The Morgan fingerprint density at radius 1 is 1.50 bits per heavy atom.